The second kappa shape index (κ2) is 11.7. The van der Waals surface area contributed by atoms with Crippen molar-refractivity contribution in [2.45, 2.75) is 90.8 Å². The number of morpholine rings is 1. The molecule has 9 nitrogen and oxygen atoms in total. The number of hydrogen-bond donors (Lipinski definition) is 3. The van der Waals surface area contributed by atoms with Gasteiger partial charge in [-0.2, -0.15) is 0 Å². The van der Waals surface area contributed by atoms with Gasteiger partial charge in [0.2, 0.25) is 0 Å². The zero-order valence-electron chi connectivity index (χ0n) is 23.8. The van der Waals surface area contributed by atoms with Crippen LogP contribution < -0.4 is 20.9 Å². The van der Waals surface area contributed by atoms with E-state index in [9.17, 15) is 9.59 Å². The number of aromatic amines is 1. The summed E-state index contributed by atoms with van der Waals surface area (Å²) in [5.74, 6) is 0.453. The Bertz CT molecular complexity index is 1240. The van der Waals surface area contributed by atoms with Crippen LogP contribution in [0.3, 0.4) is 0 Å². The Morgan fingerprint density at radius 2 is 1.87 bits per heavy atom. The Balaban J connectivity index is 1.30. The van der Waals surface area contributed by atoms with Crippen molar-refractivity contribution >= 4 is 11.6 Å². The molecule has 9 heteroatoms. The first-order chi connectivity index (χ1) is 18.7. The molecule has 1 saturated carbocycles. The summed E-state index contributed by atoms with van der Waals surface area (Å²) in [6.07, 6.45) is 3.45. The third kappa shape index (κ3) is 6.48. The molecule has 3 atom stereocenters. The standard InChI is InChI=1S/C30H42N4O5/c1-17-8-18(2)32-30(36)27(17)13-31-29(35)26-11-25(12-28(21(26)5)33-22-6-7-37-16-22)39-24-9-23(10-24)34-14-19(3)38-20(4)15-34/h8,11-12,19-20,22-24,33H,6-7,9-10,13-16H2,1-5H3,(H,31,35)(H,32,36)/t19-,20+,22?,23-,24-. The summed E-state index contributed by atoms with van der Waals surface area (Å²) in [6.45, 7) is 13.4. The molecule has 39 heavy (non-hydrogen) atoms. The third-order valence-corrected chi connectivity index (χ3v) is 8.17. The van der Waals surface area contributed by atoms with Crippen LogP contribution in [0.2, 0.25) is 0 Å². The van der Waals surface area contributed by atoms with Gasteiger partial charge in [0.1, 0.15) is 11.9 Å². The second-order valence-electron chi connectivity index (χ2n) is 11.6. The third-order valence-electron chi connectivity index (χ3n) is 8.17. The van der Waals surface area contributed by atoms with Crippen LogP contribution in [0.15, 0.2) is 23.0 Å². The lowest BCUT2D eigenvalue weighted by atomic mass is 9.87. The van der Waals surface area contributed by atoms with E-state index < -0.39 is 0 Å². The van der Waals surface area contributed by atoms with Crippen LogP contribution in [-0.2, 0) is 16.0 Å². The molecule has 1 amide bonds. The van der Waals surface area contributed by atoms with E-state index in [4.69, 9.17) is 14.2 Å². The molecule has 3 heterocycles. The number of nitrogens with zero attached hydrogens (tertiary/aromatic N) is 1. The van der Waals surface area contributed by atoms with Crippen molar-refractivity contribution in [1.82, 2.24) is 15.2 Å². The van der Waals surface area contributed by atoms with Crippen molar-refractivity contribution in [3.63, 3.8) is 0 Å². The van der Waals surface area contributed by atoms with E-state index in [-0.39, 0.29) is 42.4 Å². The van der Waals surface area contributed by atoms with Gasteiger partial charge in [0, 0.05) is 73.7 Å². The lowest BCUT2D eigenvalue weighted by Crippen LogP contribution is -2.56. The Labute approximate surface area is 230 Å². The summed E-state index contributed by atoms with van der Waals surface area (Å²) in [4.78, 5) is 31.2. The fourth-order valence-corrected chi connectivity index (χ4v) is 6.02. The Morgan fingerprint density at radius 3 is 2.54 bits per heavy atom. The minimum Gasteiger partial charge on any atom is -0.490 e. The molecule has 1 aliphatic carbocycles. The van der Waals surface area contributed by atoms with Crippen LogP contribution in [0.1, 0.15) is 65.9 Å². The van der Waals surface area contributed by atoms with Crippen LogP contribution in [0.5, 0.6) is 5.75 Å². The van der Waals surface area contributed by atoms with E-state index in [1.807, 2.05) is 39.0 Å². The first-order valence-electron chi connectivity index (χ1n) is 14.2. The van der Waals surface area contributed by atoms with Crippen molar-refractivity contribution in [2.24, 2.45) is 0 Å². The lowest BCUT2D eigenvalue weighted by Gasteiger charge is -2.46. The molecule has 3 N–H and O–H groups in total. The highest BCUT2D eigenvalue weighted by atomic mass is 16.5. The van der Waals surface area contributed by atoms with Crippen molar-refractivity contribution in [1.29, 1.82) is 0 Å². The number of carbonyl (C=O) groups is 1. The van der Waals surface area contributed by atoms with Crippen molar-refractivity contribution in [3.8, 4) is 5.75 Å². The van der Waals surface area contributed by atoms with E-state index in [0.717, 1.165) is 61.5 Å². The number of aromatic nitrogens is 1. The number of benzene rings is 1. The number of anilines is 1. The summed E-state index contributed by atoms with van der Waals surface area (Å²) >= 11 is 0. The average molecular weight is 539 g/mol. The first kappa shape index (κ1) is 27.7. The molecule has 2 saturated heterocycles. The number of pyridine rings is 1. The fourth-order valence-electron chi connectivity index (χ4n) is 6.02. The fraction of sp³-hybridized carbons (Fsp3) is 0.600. The molecule has 0 radical (unpaired) electrons. The minimum absolute atomic E-state index is 0.110. The highest BCUT2D eigenvalue weighted by Crippen LogP contribution is 2.34. The van der Waals surface area contributed by atoms with Gasteiger partial charge in [-0.05, 0) is 64.3 Å². The van der Waals surface area contributed by atoms with Crippen LogP contribution >= 0.6 is 0 Å². The number of aryl methyl sites for hydroxylation is 2. The topological polar surface area (TPSA) is 105 Å². The van der Waals surface area contributed by atoms with Gasteiger partial charge in [0.25, 0.3) is 11.5 Å². The highest BCUT2D eigenvalue weighted by molar-refractivity contribution is 5.97. The van der Waals surface area contributed by atoms with Gasteiger partial charge in [0.15, 0.2) is 0 Å². The van der Waals surface area contributed by atoms with Crippen molar-refractivity contribution in [2.75, 3.05) is 31.6 Å². The number of H-pyrrole nitrogens is 1. The minimum atomic E-state index is -0.231. The maximum atomic E-state index is 13.4. The molecule has 2 aromatic rings. The monoisotopic (exact) mass is 538 g/mol. The molecule has 3 aliphatic rings. The first-order valence-corrected chi connectivity index (χ1v) is 14.2. The summed E-state index contributed by atoms with van der Waals surface area (Å²) in [6, 6.07) is 6.45. The molecule has 212 valence electrons. The zero-order chi connectivity index (χ0) is 27.7. The summed E-state index contributed by atoms with van der Waals surface area (Å²) in [7, 11) is 0. The Hall–Kier alpha value is -2.88. The van der Waals surface area contributed by atoms with Crippen molar-refractivity contribution in [3.05, 3.63) is 56.5 Å². The summed E-state index contributed by atoms with van der Waals surface area (Å²) < 4.78 is 17.9. The van der Waals surface area contributed by atoms with Gasteiger partial charge in [-0.1, -0.05) is 0 Å². The molecule has 0 bridgehead atoms. The van der Waals surface area contributed by atoms with Crippen LogP contribution in [0.25, 0.3) is 0 Å². The number of nitrogens with one attached hydrogen (secondary N) is 3. The smallest absolute Gasteiger partial charge is 0.253 e. The van der Waals surface area contributed by atoms with E-state index >= 15 is 0 Å². The van der Waals surface area contributed by atoms with E-state index in [1.165, 1.54) is 0 Å². The molecule has 0 spiro atoms. The summed E-state index contributed by atoms with van der Waals surface area (Å²) in [5, 5.41) is 6.52. The van der Waals surface area contributed by atoms with Crippen LogP contribution in [0.4, 0.5) is 5.69 Å². The summed E-state index contributed by atoms with van der Waals surface area (Å²) in [5.41, 5.74) is 4.32. The van der Waals surface area contributed by atoms with Gasteiger partial charge >= 0.3 is 0 Å². The molecular formula is C30H42N4O5. The van der Waals surface area contributed by atoms with Gasteiger partial charge in [0.05, 0.1) is 24.9 Å². The average Bonchev–Trinajstić information content (AvgIpc) is 3.34. The van der Waals surface area contributed by atoms with Gasteiger partial charge in [-0.25, -0.2) is 0 Å². The largest absolute Gasteiger partial charge is 0.490 e. The maximum Gasteiger partial charge on any atom is 0.253 e. The number of hydrogen-bond acceptors (Lipinski definition) is 7. The van der Waals surface area contributed by atoms with Gasteiger partial charge < -0.3 is 29.8 Å². The molecule has 1 aromatic carbocycles. The lowest BCUT2D eigenvalue weighted by molar-refractivity contribution is -0.103. The predicted octanol–water partition coefficient (Wildman–Crippen LogP) is 3.45. The Kier molecular flexibility index (Phi) is 8.30. The van der Waals surface area contributed by atoms with E-state index in [1.54, 1.807) is 0 Å². The molecule has 2 aliphatic heterocycles. The second-order valence-corrected chi connectivity index (χ2v) is 11.6. The SMILES string of the molecule is Cc1cc(C)c(CNC(=O)c2cc(O[C@H]3C[C@H](N4C[C@@H](C)O[C@@H](C)C4)C3)cc(NC3CCOC3)c2C)c(=O)[nH]1. The number of ether oxygens (including phenoxy) is 3. The van der Waals surface area contributed by atoms with Gasteiger partial charge in [-0.3, -0.25) is 14.5 Å². The Morgan fingerprint density at radius 1 is 1.13 bits per heavy atom. The molecular weight excluding hydrogens is 496 g/mol. The molecule has 3 fully saturated rings. The number of carbonyl (C=O) groups excluding carboxylic acids is 1. The molecule has 1 unspecified atom stereocenters. The molecule has 5 rings (SSSR count). The molecule has 1 aromatic heterocycles. The number of amides is 1. The normalized spacial score (nSPS) is 27.2. The maximum absolute atomic E-state index is 13.4. The highest BCUT2D eigenvalue weighted by Gasteiger charge is 2.38. The quantitative estimate of drug-likeness (QED) is 0.473. The predicted molar refractivity (Wildman–Crippen MR) is 151 cm³/mol. The van der Waals surface area contributed by atoms with Crippen LogP contribution in [0, 0.1) is 20.8 Å². The van der Waals surface area contributed by atoms with E-state index in [2.05, 4.69) is 34.4 Å². The van der Waals surface area contributed by atoms with Gasteiger partial charge in [-0.15, -0.1) is 0 Å². The van der Waals surface area contributed by atoms with E-state index in [0.29, 0.717) is 29.5 Å². The van der Waals surface area contributed by atoms with Crippen LogP contribution in [-0.4, -0.2) is 72.5 Å². The zero-order valence-corrected chi connectivity index (χ0v) is 23.8. The number of rotatable bonds is 8. The van der Waals surface area contributed by atoms with Crippen molar-refractivity contribution < 1.29 is 19.0 Å².